The highest BCUT2D eigenvalue weighted by Gasteiger charge is 2.33. The average molecular weight is 259 g/mol. The van der Waals surface area contributed by atoms with Crippen LogP contribution in [0.15, 0.2) is 22.7 Å². The van der Waals surface area contributed by atoms with Crippen molar-refractivity contribution < 1.29 is 17.6 Å². The van der Waals surface area contributed by atoms with Crippen LogP contribution >= 0.6 is 0 Å². The van der Waals surface area contributed by atoms with Crippen molar-refractivity contribution in [2.24, 2.45) is 5.73 Å². The van der Waals surface area contributed by atoms with Crippen molar-refractivity contribution in [1.29, 1.82) is 0 Å². The highest BCUT2D eigenvalue weighted by atomic mass is 19.4. The molecule has 2 heterocycles. The van der Waals surface area contributed by atoms with Crippen LogP contribution < -0.4 is 5.73 Å². The summed E-state index contributed by atoms with van der Waals surface area (Å²) in [6.45, 7) is 2.25. The van der Waals surface area contributed by atoms with Crippen LogP contribution in [0.1, 0.15) is 22.8 Å². The zero-order valence-electron chi connectivity index (χ0n) is 9.66. The zero-order valence-corrected chi connectivity index (χ0v) is 9.66. The van der Waals surface area contributed by atoms with Gasteiger partial charge in [-0.1, -0.05) is 0 Å². The molecule has 0 unspecified atom stereocenters. The molecule has 18 heavy (non-hydrogen) atoms. The SMILES string of the molecule is Cc1cc(Cn2ccc(C(F)(F)F)n2)oc1CN. The first-order valence-corrected chi connectivity index (χ1v) is 5.29. The van der Waals surface area contributed by atoms with Gasteiger partial charge >= 0.3 is 6.18 Å². The predicted molar refractivity (Wildman–Crippen MR) is 57.7 cm³/mol. The third kappa shape index (κ3) is 2.56. The van der Waals surface area contributed by atoms with Gasteiger partial charge in [-0.05, 0) is 24.6 Å². The van der Waals surface area contributed by atoms with Crippen molar-refractivity contribution in [1.82, 2.24) is 9.78 Å². The van der Waals surface area contributed by atoms with Crippen LogP contribution in [0, 0.1) is 6.92 Å². The molecule has 4 nitrogen and oxygen atoms in total. The lowest BCUT2D eigenvalue weighted by Crippen LogP contribution is -2.08. The second kappa shape index (κ2) is 4.49. The monoisotopic (exact) mass is 259 g/mol. The molecule has 2 aromatic rings. The van der Waals surface area contributed by atoms with Gasteiger partial charge in [-0.3, -0.25) is 4.68 Å². The first-order chi connectivity index (χ1) is 8.40. The smallest absolute Gasteiger partial charge is 0.435 e. The minimum Gasteiger partial charge on any atom is -0.462 e. The minimum absolute atomic E-state index is 0.150. The lowest BCUT2D eigenvalue weighted by Gasteiger charge is -2.01. The average Bonchev–Trinajstić information content (AvgIpc) is 2.85. The van der Waals surface area contributed by atoms with Crippen molar-refractivity contribution in [2.45, 2.75) is 26.2 Å². The summed E-state index contributed by atoms with van der Waals surface area (Å²) >= 11 is 0. The van der Waals surface area contributed by atoms with Crippen molar-refractivity contribution in [3.8, 4) is 0 Å². The number of aryl methyl sites for hydroxylation is 1. The normalized spacial score (nSPS) is 12.1. The summed E-state index contributed by atoms with van der Waals surface area (Å²) in [5, 5.41) is 3.44. The Labute approximate surface area is 101 Å². The number of aromatic nitrogens is 2. The molecule has 0 saturated carbocycles. The molecule has 0 aliphatic rings. The van der Waals surface area contributed by atoms with E-state index in [1.54, 1.807) is 6.07 Å². The lowest BCUT2D eigenvalue weighted by molar-refractivity contribution is -0.141. The Morgan fingerprint density at radius 2 is 2.17 bits per heavy atom. The number of furan rings is 1. The first kappa shape index (κ1) is 12.7. The molecule has 0 aliphatic carbocycles. The van der Waals surface area contributed by atoms with Crippen LogP contribution in [-0.4, -0.2) is 9.78 Å². The summed E-state index contributed by atoms with van der Waals surface area (Å²) in [7, 11) is 0. The van der Waals surface area contributed by atoms with Gasteiger partial charge in [0.15, 0.2) is 5.69 Å². The van der Waals surface area contributed by atoms with Crippen LogP contribution in [0.5, 0.6) is 0 Å². The molecule has 98 valence electrons. The standard InChI is InChI=1S/C11H12F3N3O/c1-7-4-8(18-9(7)5-15)6-17-3-2-10(16-17)11(12,13)14/h2-4H,5-6,15H2,1H3. The number of alkyl halides is 3. The van der Waals surface area contributed by atoms with Crippen LogP contribution in [-0.2, 0) is 19.3 Å². The summed E-state index contributed by atoms with van der Waals surface area (Å²) < 4.78 is 43.6. The molecule has 2 rings (SSSR count). The van der Waals surface area contributed by atoms with Crippen LogP contribution in [0.3, 0.4) is 0 Å². The molecule has 0 fully saturated rings. The summed E-state index contributed by atoms with van der Waals surface area (Å²) in [6, 6.07) is 2.68. The van der Waals surface area contributed by atoms with Crippen molar-refractivity contribution in [2.75, 3.05) is 0 Å². The quantitative estimate of drug-likeness (QED) is 0.920. The van der Waals surface area contributed by atoms with E-state index < -0.39 is 11.9 Å². The fourth-order valence-electron chi connectivity index (χ4n) is 1.63. The number of halogens is 3. The third-order valence-electron chi connectivity index (χ3n) is 2.51. The molecular weight excluding hydrogens is 247 g/mol. The van der Waals surface area contributed by atoms with Gasteiger partial charge in [-0.15, -0.1) is 0 Å². The maximum atomic E-state index is 12.3. The van der Waals surface area contributed by atoms with E-state index in [4.69, 9.17) is 10.2 Å². The van der Waals surface area contributed by atoms with E-state index in [9.17, 15) is 13.2 Å². The topological polar surface area (TPSA) is 57.0 Å². The molecule has 0 saturated heterocycles. The first-order valence-electron chi connectivity index (χ1n) is 5.29. The van der Waals surface area contributed by atoms with Crippen LogP contribution in [0.25, 0.3) is 0 Å². The second-order valence-corrected chi connectivity index (χ2v) is 3.92. The van der Waals surface area contributed by atoms with Gasteiger partial charge in [0.25, 0.3) is 0 Å². The molecular formula is C11H12F3N3O. The molecule has 0 spiro atoms. The second-order valence-electron chi connectivity index (χ2n) is 3.92. The number of hydrogen-bond acceptors (Lipinski definition) is 3. The Kier molecular flexibility index (Phi) is 3.16. The molecule has 0 amide bonds. The summed E-state index contributed by atoms with van der Waals surface area (Å²) in [6.07, 6.45) is -3.16. The van der Waals surface area contributed by atoms with Crippen molar-refractivity contribution in [3.05, 3.63) is 41.1 Å². The fourth-order valence-corrected chi connectivity index (χ4v) is 1.63. The predicted octanol–water partition coefficient (Wildman–Crippen LogP) is 2.31. The highest BCUT2D eigenvalue weighted by molar-refractivity contribution is 5.20. The van der Waals surface area contributed by atoms with Gasteiger partial charge in [0.05, 0.1) is 13.1 Å². The van der Waals surface area contributed by atoms with E-state index >= 15 is 0 Å². The van der Waals surface area contributed by atoms with Gasteiger partial charge in [0.2, 0.25) is 0 Å². The number of rotatable bonds is 3. The van der Waals surface area contributed by atoms with E-state index in [0.29, 0.717) is 11.5 Å². The largest absolute Gasteiger partial charge is 0.462 e. The van der Waals surface area contributed by atoms with E-state index in [1.165, 1.54) is 10.9 Å². The number of nitrogens with two attached hydrogens (primary N) is 1. The van der Waals surface area contributed by atoms with Gasteiger partial charge in [-0.25, -0.2) is 0 Å². The third-order valence-corrected chi connectivity index (χ3v) is 2.51. The van der Waals surface area contributed by atoms with E-state index in [-0.39, 0.29) is 13.1 Å². The molecule has 0 aromatic carbocycles. The Bertz CT molecular complexity index is 542. The molecule has 2 aromatic heterocycles. The van der Waals surface area contributed by atoms with Gasteiger partial charge in [-0.2, -0.15) is 18.3 Å². The Morgan fingerprint density at radius 3 is 2.67 bits per heavy atom. The highest BCUT2D eigenvalue weighted by Crippen LogP contribution is 2.27. The Morgan fingerprint density at radius 1 is 1.44 bits per heavy atom. The van der Waals surface area contributed by atoms with E-state index in [0.717, 1.165) is 11.6 Å². The number of hydrogen-bond donors (Lipinski definition) is 1. The van der Waals surface area contributed by atoms with Crippen LogP contribution in [0.2, 0.25) is 0 Å². The number of nitrogens with zero attached hydrogens (tertiary/aromatic N) is 2. The maximum absolute atomic E-state index is 12.3. The van der Waals surface area contributed by atoms with Crippen LogP contribution in [0.4, 0.5) is 13.2 Å². The molecule has 7 heteroatoms. The van der Waals surface area contributed by atoms with E-state index in [1.807, 2.05) is 6.92 Å². The van der Waals surface area contributed by atoms with Gasteiger partial charge in [0.1, 0.15) is 11.5 Å². The van der Waals surface area contributed by atoms with Gasteiger partial charge < -0.3 is 10.2 Å². The summed E-state index contributed by atoms with van der Waals surface area (Å²) in [5.74, 6) is 1.16. The Balaban J connectivity index is 2.16. The summed E-state index contributed by atoms with van der Waals surface area (Å²) in [5.41, 5.74) is 5.43. The molecule has 0 atom stereocenters. The lowest BCUT2D eigenvalue weighted by atomic mass is 10.2. The molecule has 0 radical (unpaired) electrons. The maximum Gasteiger partial charge on any atom is 0.435 e. The molecule has 2 N–H and O–H groups in total. The minimum atomic E-state index is -4.42. The van der Waals surface area contributed by atoms with Gasteiger partial charge in [0, 0.05) is 6.20 Å². The fraction of sp³-hybridized carbons (Fsp3) is 0.364. The molecule has 0 bridgehead atoms. The summed E-state index contributed by atoms with van der Waals surface area (Å²) in [4.78, 5) is 0. The molecule has 0 aliphatic heterocycles. The van der Waals surface area contributed by atoms with E-state index in [2.05, 4.69) is 5.10 Å². The Hall–Kier alpha value is -1.76. The van der Waals surface area contributed by atoms with Crippen molar-refractivity contribution in [3.63, 3.8) is 0 Å². The van der Waals surface area contributed by atoms with Crippen molar-refractivity contribution >= 4 is 0 Å². The zero-order chi connectivity index (χ0) is 13.3.